The number of rotatable bonds is 9. The van der Waals surface area contributed by atoms with Gasteiger partial charge >= 0.3 is 0 Å². The molecule has 0 bridgehead atoms. The van der Waals surface area contributed by atoms with Gasteiger partial charge in [0.05, 0.1) is 17.9 Å². The van der Waals surface area contributed by atoms with Crippen molar-refractivity contribution in [2.45, 2.75) is 19.4 Å². The van der Waals surface area contributed by atoms with Gasteiger partial charge in [-0.25, -0.2) is 0 Å². The van der Waals surface area contributed by atoms with Crippen molar-refractivity contribution in [1.82, 2.24) is 10.6 Å². The molecule has 0 aliphatic rings. The average molecular weight is 304 g/mol. The van der Waals surface area contributed by atoms with Crippen molar-refractivity contribution in [3.8, 4) is 0 Å². The molecule has 0 heterocycles. The molecular formula is C12H20N2O5S. The Morgan fingerprint density at radius 2 is 1.75 bits per heavy atom. The molecule has 0 aliphatic carbocycles. The Hall–Kier alpha value is -1.67. The first-order chi connectivity index (χ1) is 9.12. The lowest BCUT2D eigenvalue weighted by Crippen LogP contribution is -2.48. The van der Waals surface area contributed by atoms with E-state index in [1.807, 2.05) is 0 Å². The molecule has 0 aromatic rings. The van der Waals surface area contributed by atoms with Crippen LogP contribution in [0.1, 0.15) is 13.8 Å². The molecule has 0 spiro atoms. The molecule has 0 aromatic carbocycles. The maximum Gasteiger partial charge on any atom is 0.269 e. The standard InChI is InChI=1S/C12H20N2O5S/c1-5-10(15)13-7-8-19-20(17,18)9-12(3,4)14-11(16)6-2/h5-6H,1-2,7-9H2,3-4H3,(H,13,15)(H,14,16). The van der Waals surface area contributed by atoms with E-state index in [9.17, 15) is 18.0 Å². The molecule has 114 valence electrons. The van der Waals surface area contributed by atoms with Crippen molar-refractivity contribution in [3.05, 3.63) is 25.3 Å². The Bertz CT molecular complexity index is 482. The third-order valence-corrected chi connectivity index (χ3v) is 3.64. The highest BCUT2D eigenvalue weighted by atomic mass is 32.2. The molecule has 0 radical (unpaired) electrons. The molecule has 0 atom stereocenters. The highest BCUT2D eigenvalue weighted by Gasteiger charge is 2.27. The van der Waals surface area contributed by atoms with Crippen molar-refractivity contribution in [2.75, 3.05) is 18.9 Å². The predicted molar refractivity (Wildman–Crippen MR) is 75.4 cm³/mol. The van der Waals surface area contributed by atoms with Gasteiger partial charge in [0.25, 0.3) is 10.1 Å². The van der Waals surface area contributed by atoms with E-state index >= 15 is 0 Å². The van der Waals surface area contributed by atoms with Crippen LogP contribution >= 0.6 is 0 Å². The summed E-state index contributed by atoms with van der Waals surface area (Å²) in [5, 5.41) is 4.86. The van der Waals surface area contributed by atoms with Gasteiger partial charge in [-0.1, -0.05) is 13.2 Å². The highest BCUT2D eigenvalue weighted by molar-refractivity contribution is 7.86. The lowest BCUT2D eigenvalue weighted by molar-refractivity contribution is -0.118. The van der Waals surface area contributed by atoms with E-state index in [0.717, 1.165) is 12.2 Å². The van der Waals surface area contributed by atoms with Crippen molar-refractivity contribution in [2.24, 2.45) is 0 Å². The summed E-state index contributed by atoms with van der Waals surface area (Å²) in [5.74, 6) is -1.28. The number of carbonyl (C=O) groups is 2. The first kappa shape index (κ1) is 18.3. The molecule has 0 aliphatic heterocycles. The number of carbonyl (C=O) groups excluding carboxylic acids is 2. The first-order valence-electron chi connectivity index (χ1n) is 5.84. The lowest BCUT2D eigenvalue weighted by atomic mass is 10.1. The molecule has 0 saturated carbocycles. The fourth-order valence-corrected chi connectivity index (χ4v) is 2.70. The van der Waals surface area contributed by atoms with Crippen molar-refractivity contribution >= 4 is 21.9 Å². The number of hydrogen-bond donors (Lipinski definition) is 2. The average Bonchev–Trinajstić information content (AvgIpc) is 2.32. The zero-order chi connectivity index (χ0) is 15.8. The first-order valence-corrected chi connectivity index (χ1v) is 7.41. The monoisotopic (exact) mass is 304 g/mol. The van der Waals surface area contributed by atoms with Gasteiger partial charge < -0.3 is 10.6 Å². The minimum atomic E-state index is -3.82. The SMILES string of the molecule is C=CC(=O)NCCOS(=O)(=O)CC(C)(C)NC(=O)C=C. The molecule has 0 rings (SSSR count). The second kappa shape index (κ2) is 7.81. The third-order valence-electron chi connectivity index (χ3n) is 2.03. The molecule has 2 N–H and O–H groups in total. The van der Waals surface area contributed by atoms with Crippen molar-refractivity contribution in [3.63, 3.8) is 0 Å². The summed E-state index contributed by atoms with van der Waals surface area (Å²) >= 11 is 0. The topological polar surface area (TPSA) is 102 Å². The van der Waals surface area contributed by atoms with E-state index in [1.54, 1.807) is 13.8 Å². The van der Waals surface area contributed by atoms with E-state index in [0.29, 0.717) is 0 Å². The molecule has 0 saturated heterocycles. The zero-order valence-corrected chi connectivity index (χ0v) is 12.5. The molecule has 8 heteroatoms. The Labute approximate surface area is 119 Å². The van der Waals surface area contributed by atoms with Crippen LogP contribution < -0.4 is 10.6 Å². The van der Waals surface area contributed by atoms with E-state index in [4.69, 9.17) is 4.18 Å². The van der Waals surface area contributed by atoms with Crippen molar-refractivity contribution in [1.29, 1.82) is 0 Å². The summed E-state index contributed by atoms with van der Waals surface area (Å²) in [5.41, 5.74) is -0.992. The molecule has 0 fully saturated rings. The van der Waals surface area contributed by atoms with Gasteiger partial charge in [-0.2, -0.15) is 8.42 Å². The Kier molecular flexibility index (Phi) is 7.16. The van der Waals surface area contributed by atoms with Crippen LogP contribution in [0.4, 0.5) is 0 Å². The molecule has 2 amide bonds. The Morgan fingerprint density at radius 3 is 2.25 bits per heavy atom. The van der Waals surface area contributed by atoms with Gasteiger partial charge in [-0.3, -0.25) is 13.8 Å². The van der Waals surface area contributed by atoms with Crippen LogP contribution in [-0.2, 0) is 23.9 Å². The normalized spacial score (nSPS) is 11.5. The fraction of sp³-hybridized carbons (Fsp3) is 0.500. The van der Waals surface area contributed by atoms with Crippen LogP contribution in [0.15, 0.2) is 25.3 Å². The zero-order valence-electron chi connectivity index (χ0n) is 11.6. The smallest absolute Gasteiger partial charge is 0.269 e. The number of hydrogen-bond acceptors (Lipinski definition) is 5. The van der Waals surface area contributed by atoms with E-state index < -0.39 is 33.2 Å². The summed E-state index contributed by atoms with van der Waals surface area (Å²) in [6.07, 6.45) is 2.13. The van der Waals surface area contributed by atoms with Gasteiger partial charge in [-0.15, -0.1) is 0 Å². The molecular weight excluding hydrogens is 284 g/mol. The Morgan fingerprint density at radius 1 is 1.20 bits per heavy atom. The lowest BCUT2D eigenvalue weighted by Gasteiger charge is -2.24. The highest BCUT2D eigenvalue weighted by Crippen LogP contribution is 2.08. The minimum Gasteiger partial charge on any atom is -0.350 e. The van der Waals surface area contributed by atoms with Gasteiger partial charge in [0.2, 0.25) is 11.8 Å². The summed E-state index contributed by atoms with van der Waals surface area (Å²) in [6, 6.07) is 0. The molecule has 0 unspecified atom stereocenters. The van der Waals surface area contributed by atoms with Crippen LogP contribution in [0.2, 0.25) is 0 Å². The van der Waals surface area contributed by atoms with Gasteiger partial charge in [0, 0.05) is 6.54 Å². The second-order valence-corrected chi connectivity index (χ2v) is 6.24. The van der Waals surface area contributed by atoms with Crippen LogP contribution in [0.25, 0.3) is 0 Å². The van der Waals surface area contributed by atoms with Gasteiger partial charge in [0.15, 0.2) is 0 Å². The van der Waals surface area contributed by atoms with E-state index in [-0.39, 0.29) is 13.2 Å². The summed E-state index contributed by atoms with van der Waals surface area (Å²) in [7, 11) is -3.82. The summed E-state index contributed by atoms with van der Waals surface area (Å²) in [6.45, 7) is 9.50. The quantitative estimate of drug-likeness (QED) is 0.346. The maximum atomic E-state index is 11.7. The third kappa shape index (κ3) is 8.44. The summed E-state index contributed by atoms with van der Waals surface area (Å²) < 4.78 is 28.1. The van der Waals surface area contributed by atoms with Crippen LogP contribution in [-0.4, -0.2) is 44.7 Å². The van der Waals surface area contributed by atoms with Gasteiger partial charge in [-0.05, 0) is 26.0 Å². The van der Waals surface area contributed by atoms with E-state index in [1.165, 1.54) is 0 Å². The number of nitrogens with one attached hydrogen (secondary N) is 2. The molecule has 20 heavy (non-hydrogen) atoms. The van der Waals surface area contributed by atoms with Crippen LogP contribution in [0.5, 0.6) is 0 Å². The predicted octanol–water partition coefficient (Wildman–Crippen LogP) is -0.284. The Balaban J connectivity index is 4.30. The molecule has 0 aromatic heterocycles. The molecule has 7 nitrogen and oxygen atoms in total. The van der Waals surface area contributed by atoms with E-state index in [2.05, 4.69) is 23.8 Å². The maximum absolute atomic E-state index is 11.7. The largest absolute Gasteiger partial charge is 0.350 e. The minimum absolute atomic E-state index is 0.0452. The van der Waals surface area contributed by atoms with Crippen LogP contribution in [0.3, 0.4) is 0 Å². The van der Waals surface area contributed by atoms with Crippen molar-refractivity contribution < 1.29 is 22.2 Å². The second-order valence-electron chi connectivity index (χ2n) is 4.60. The van der Waals surface area contributed by atoms with Gasteiger partial charge in [0.1, 0.15) is 0 Å². The van der Waals surface area contributed by atoms with Crippen LogP contribution in [0, 0.1) is 0 Å². The fourth-order valence-electron chi connectivity index (χ4n) is 1.32. The summed E-state index contributed by atoms with van der Waals surface area (Å²) in [4.78, 5) is 22.0. The number of amides is 2.